The van der Waals surface area contributed by atoms with Crippen LogP contribution in [-0.2, 0) is 0 Å². The number of rotatable bonds is 5. The second-order valence-electron chi connectivity index (χ2n) is 4.79. The Kier molecular flexibility index (Phi) is 4.66. The zero-order chi connectivity index (χ0) is 12.8. The van der Waals surface area contributed by atoms with Crippen LogP contribution in [0.2, 0.25) is 0 Å². The van der Waals surface area contributed by atoms with Crippen molar-refractivity contribution in [3.05, 3.63) is 29.8 Å². The molecule has 1 aromatic rings. The van der Waals surface area contributed by atoms with E-state index in [2.05, 4.69) is 30.3 Å². The summed E-state index contributed by atoms with van der Waals surface area (Å²) >= 11 is 0. The molecule has 0 bridgehead atoms. The lowest BCUT2D eigenvalue weighted by atomic mass is 9.93. The van der Waals surface area contributed by atoms with E-state index in [1.165, 1.54) is 5.56 Å². The molecule has 2 nitrogen and oxygen atoms in total. The minimum Gasteiger partial charge on any atom is -0.493 e. The first-order valence-electron chi connectivity index (χ1n) is 6.76. The summed E-state index contributed by atoms with van der Waals surface area (Å²) in [6, 6.07) is 8.50. The minimum absolute atomic E-state index is 0.199. The van der Waals surface area contributed by atoms with Gasteiger partial charge >= 0.3 is 0 Å². The van der Waals surface area contributed by atoms with Gasteiger partial charge in [0.2, 0.25) is 0 Å². The smallest absolute Gasteiger partial charge is 0.122 e. The van der Waals surface area contributed by atoms with Gasteiger partial charge in [-0.2, -0.15) is 0 Å². The molecule has 0 saturated heterocycles. The van der Waals surface area contributed by atoms with E-state index in [1.54, 1.807) is 0 Å². The molecule has 0 fully saturated rings. The highest BCUT2D eigenvalue weighted by Gasteiger charge is 2.21. The van der Waals surface area contributed by atoms with Gasteiger partial charge in [-0.1, -0.05) is 37.5 Å². The summed E-state index contributed by atoms with van der Waals surface area (Å²) < 4.78 is 5.67. The lowest BCUT2D eigenvalue weighted by Gasteiger charge is -2.27. The maximum absolute atomic E-state index is 5.67. The third-order valence-electron chi connectivity index (χ3n) is 3.47. The van der Waals surface area contributed by atoms with Gasteiger partial charge in [-0.05, 0) is 24.5 Å². The maximum Gasteiger partial charge on any atom is 0.122 e. The van der Waals surface area contributed by atoms with Crippen molar-refractivity contribution in [3.8, 4) is 18.1 Å². The van der Waals surface area contributed by atoms with Gasteiger partial charge in [0.25, 0.3) is 0 Å². The predicted octanol–water partition coefficient (Wildman–Crippen LogP) is 2.94. The highest BCUT2D eigenvalue weighted by atomic mass is 16.5. The van der Waals surface area contributed by atoms with Crippen LogP contribution in [0.1, 0.15) is 37.7 Å². The molecule has 2 atom stereocenters. The van der Waals surface area contributed by atoms with Crippen LogP contribution in [-0.4, -0.2) is 19.2 Å². The van der Waals surface area contributed by atoms with E-state index < -0.39 is 0 Å². The highest BCUT2D eigenvalue weighted by molar-refractivity contribution is 5.37. The van der Waals surface area contributed by atoms with Crippen molar-refractivity contribution in [3.63, 3.8) is 0 Å². The molecule has 0 amide bonds. The number of hydrogen-bond acceptors (Lipinski definition) is 2. The highest BCUT2D eigenvalue weighted by Crippen LogP contribution is 2.32. The molecule has 1 aliphatic heterocycles. The molecule has 1 N–H and O–H groups in total. The molecule has 0 aliphatic carbocycles. The molecule has 2 unspecified atom stereocenters. The van der Waals surface area contributed by atoms with Crippen LogP contribution in [0.5, 0.6) is 5.75 Å². The molecular formula is C16H21NO. The van der Waals surface area contributed by atoms with E-state index in [0.717, 1.165) is 38.2 Å². The van der Waals surface area contributed by atoms with Gasteiger partial charge in [0.1, 0.15) is 5.75 Å². The lowest BCUT2D eigenvalue weighted by Crippen LogP contribution is -2.33. The molecule has 1 aliphatic rings. The second-order valence-corrected chi connectivity index (χ2v) is 4.79. The predicted molar refractivity (Wildman–Crippen MR) is 74.8 cm³/mol. The van der Waals surface area contributed by atoms with Crippen LogP contribution in [0.25, 0.3) is 0 Å². The second kappa shape index (κ2) is 6.47. The molecule has 1 heterocycles. The van der Waals surface area contributed by atoms with Crippen molar-refractivity contribution in [2.24, 2.45) is 0 Å². The Labute approximate surface area is 110 Å². The van der Waals surface area contributed by atoms with Crippen molar-refractivity contribution < 1.29 is 4.74 Å². The number of ether oxygens (including phenoxy) is 1. The van der Waals surface area contributed by atoms with Crippen LogP contribution in [0.15, 0.2) is 24.3 Å². The van der Waals surface area contributed by atoms with E-state index in [-0.39, 0.29) is 6.04 Å². The van der Waals surface area contributed by atoms with Gasteiger partial charge in [-0.15, -0.1) is 6.42 Å². The van der Waals surface area contributed by atoms with Crippen molar-refractivity contribution in [1.82, 2.24) is 5.32 Å². The van der Waals surface area contributed by atoms with E-state index in [1.807, 2.05) is 12.1 Å². The van der Waals surface area contributed by atoms with E-state index >= 15 is 0 Å². The number of nitrogens with one attached hydrogen (secondary N) is 1. The van der Waals surface area contributed by atoms with Crippen LogP contribution in [0, 0.1) is 12.3 Å². The number of terminal acetylenes is 1. The normalized spacial score (nSPS) is 19.4. The largest absolute Gasteiger partial charge is 0.493 e. The summed E-state index contributed by atoms with van der Waals surface area (Å²) in [7, 11) is 0. The number of para-hydroxylation sites is 1. The summed E-state index contributed by atoms with van der Waals surface area (Å²) in [6.45, 7) is 3.91. The van der Waals surface area contributed by atoms with Crippen LogP contribution in [0.4, 0.5) is 0 Å². The Balaban J connectivity index is 1.97. The summed E-state index contributed by atoms with van der Waals surface area (Å²) in [5.74, 6) is 4.37. The third kappa shape index (κ3) is 3.05. The molecule has 96 valence electrons. The van der Waals surface area contributed by atoms with Gasteiger partial charge in [-0.3, -0.25) is 0 Å². The number of benzene rings is 1. The van der Waals surface area contributed by atoms with Gasteiger partial charge in [-0.25, -0.2) is 0 Å². The topological polar surface area (TPSA) is 21.3 Å². The zero-order valence-electron chi connectivity index (χ0n) is 11.0. The Morgan fingerprint density at radius 3 is 3.11 bits per heavy atom. The standard InChI is InChI=1S/C16H21NO/c1-3-7-14(4-2)17-12-13-10-11-18-16-9-6-5-8-15(13)16/h2,5-6,8-9,13-14,17H,3,7,10-12H2,1H3. The van der Waals surface area contributed by atoms with E-state index in [0.29, 0.717) is 5.92 Å². The molecular weight excluding hydrogens is 222 g/mol. The summed E-state index contributed by atoms with van der Waals surface area (Å²) in [5.41, 5.74) is 1.31. The van der Waals surface area contributed by atoms with Crippen molar-refractivity contribution in [2.75, 3.05) is 13.2 Å². The maximum atomic E-state index is 5.67. The van der Waals surface area contributed by atoms with Crippen molar-refractivity contribution in [2.45, 2.75) is 38.1 Å². The summed E-state index contributed by atoms with van der Waals surface area (Å²) in [5, 5.41) is 3.49. The SMILES string of the molecule is C#CC(CCC)NCC1CCOc2ccccc21. The average Bonchev–Trinajstić information content (AvgIpc) is 2.43. The van der Waals surface area contributed by atoms with Crippen molar-refractivity contribution >= 4 is 0 Å². The van der Waals surface area contributed by atoms with Gasteiger partial charge < -0.3 is 10.1 Å². The Bertz CT molecular complexity index is 421. The van der Waals surface area contributed by atoms with E-state index in [9.17, 15) is 0 Å². The van der Waals surface area contributed by atoms with Crippen LogP contribution in [0.3, 0.4) is 0 Å². The van der Waals surface area contributed by atoms with Gasteiger partial charge in [0, 0.05) is 12.5 Å². The molecule has 2 rings (SSSR count). The molecule has 1 aromatic carbocycles. The molecule has 0 saturated carbocycles. The summed E-state index contributed by atoms with van der Waals surface area (Å²) in [4.78, 5) is 0. The molecule has 0 spiro atoms. The lowest BCUT2D eigenvalue weighted by molar-refractivity contribution is 0.263. The fourth-order valence-electron chi connectivity index (χ4n) is 2.45. The molecule has 0 aromatic heterocycles. The Hall–Kier alpha value is -1.46. The molecule has 18 heavy (non-hydrogen) atoms. The fourth-order valence-corrected chi connectivity index (χ4v) is 2.45. The molecule has 0 radical (unpaired) electrons. The summed E-state index contributed by atoms with van der Waals surface area (Å²) in [6.07, 6.45) is 8.76. The monoisotopic (exact) mass is 243 g/mol. The van der Waals surface area contributed by atoms with Crippen LogP contribution < -0.4 is 10.1 Å². The van der Waals surface area contributed by atoms with E-state index in [4.69, 9.17) is 11.2 Å². The fraction of sp³-hybridized carbons (Fsp3) is 0.500. The third-order valence-corrected chi connectivity index (χ3v) is 3.47. The first-order valence-corrected chi connectivity index (χ1v) is 6.76. The first-order chi connectivity index (χ1) is 8.85. The average molecular weight is 243 g/mol. The zero-order valence-corrected chi connectivity index (χ0v) is 11.0. The van der Waals surface area contributed by atoms with Gasteiger partial charge in [0.15, 0.2) is 0 Å². The first kappa shape index (κ1) is 13.0. The minimum atomic E-state index is 0.199. The Morgan fingerprint density at radius 2 is 2.33 bits per heavy atom. The number of fused-ring (bicyclic) bond motifs is 1. The van der Waals surface area contributed by atoms with Gasteiger partial charge in [0.05, 0.1) is 12.6 Å². The quantitative estimate of drug-likeness (QED) is 0.803. The molecule has 2 heteroatoms. The van der Waals surface area contributed by atoms with Crippen LogP contribution >= 0.6 is 0 Å². The Morgan fingerprint density at radius 1 is 1.50 bits per heavy atom. The van der Waals surface area contributed by atoms with Crippen molar-refractivity contribution in [1.29, 1.82) is 0 Å². The number of hydrogen-bond donors (Lipinski definition) is 1.